The smallest absolute Gasteiger partial charge is 0.259 e. The van der Waals surface area contributed by atoms with Crippen molar-refractivity contribution in [2.45, 2.75) is 0 Å². The lowest BCUT2D eigenvalue weighted by Crippen LogP contribution is -2.34. The Labute approximate surface area is 143 Å². The zero-order valence-electron chi connectivity index (χ0n) is 11.9. The van der Waals surface area contributed by atoms with Gasteiger partial charge in [-0.1, -0.05) is 47.5 Å². The van der Waals surface area contributed by atoms with E-state index in [2.05, 4.69) is 15.8 Å². The summed E-state index contributed by atoms with van der Waals surface area (Å²) in [7, 11) is 0. The molecule has 0 radical (unpaired) electrons. The second-order valence-corrected chi connectivity index (χ2v) is 5.35. The van der Waals surface area contributed by atoms with E-state index >= 15 is 0 Å². The summed E-state index contributed by atoms with van der Waals surface area (Å²) in [5.74, 6) is -0.777. The number of hydrogen-bond donors (Lipinski definition) is 2. The fraction of sp³-hybridized carbons (Fsp3) is 0.0625. The Balaban J connectivity index is 1.81. The van der Waals surface area contributed by atoms with Crippen molar-refractivity contribution < 1.29 is 9.59 Å². The highest BCUT2D eigenvalue weighted by Gasteiger charge is 2.06. The molecule has 0 bridgehead atoms. The molecule has 0 unspecified atom stereocenters. The molecule has 0 aliphatic rings. The second-order valence-electron chi connectivity index (χ2n) is 4.51. The number of benzene rings is 2. The van der Waals surface area contributed by atoms with Crippen LogP contribution in [0.25, 0.3) is 0 Å². The van der Waals surface area contributed by atoms with E-state index in [1.165, 1.54) is 6.21 Å². The first-order valence-electron chi connectivity index (χ1n) is 6.66. The summed E-state index contributed by atoms with van der Waals surface area (Å²) in [6.45, 7) is -0.181. The summed E-state index contributed by atoms with van der Waals surface area (Å²) >= 11 is 11.8. The van der Waals surface area contributed by atoms with Crippen LogP contribution >= 0.6 is 23.2 Å². The summed E-state index contributed by atoms with van der Waals surface area (Å²) in [6.07, 6.45) is 1.40. The average molecular weight is 350 g/mol. The minimum atomic E-state index is -0.449. The van der Waals surface area contributed by atoms with Crippen molar-refractivity contribution >= 4 is 41.2 Å². The first kappa shape index (κ1) is 17.0. The van der Waals surface area contributed by atoms with Gasteiger partial charge in [-0.3, -0.25) is 9.59 Å². The Hall–Kier alpha value is -2.37. The normalized spacial score (nSPS) is 10.5. The van der Waals surface area contributed by atoms with Gasteiger partial charge in [0.15, 0.2) is 0 Å². The van der Waals surface area contributed by atoms with Crippen LogP contribution in [0.5, 0.6) is 0 Å². The molecule has 7 heteroatoms. The Morgan fingerprint density at radius 3 is 2.52 bits per heavy atom. The zero-order chi connectivity index (χ0) is 16.7. The topological polar surface area (TPSA) is 70.6 Å². The number of halogens is 2. The van der Waals surface area contributed by atoms with Crippen molar-refractivity contribution in [3.63, 3.8) is 0 Å². The molecule has 0 aliphatic heterocycles. The van der Waals surface area contributed by atoms with E-state index in [0.29, 0.717) is 21.2 Å². The maximum Gasteiger partial charge on any atom is 0.259 e. The average Bonchev–Trinajstić information content (AvgIpc) is 2.55. The van der Waals surface area contributed by atoms with Crippen LogP contribution in [0.1, 0.15) is 15.9 Å². The van der Waals surface area contributed by atoms with Crippen LogP contribution in [0.2, 0.25) is 10.0 Å². The SMILES string of the molecule is O=C(CNC(=O)c1ccccc1)N/N=C\c1ccc(Cl)cc1Cl. The highest BCUT2D eigenvalue weighted by molar-refractivity contribution is 6.36. The van der Waals surface area contributed by atoms with E-state index in [4.69, 9.17) is 23.2 Å². The van der Waals surface area contributed by atoms with Gasteiger partial charge in [-0.2, -0.15) is 5.10 Å². The minimum Gasteiger partial charge on any atom is -0.343 e. The van der Waals surface area contributed by atoms with E-state index in [9.17, 15) is 9.59 Å². The number of nitrogens with zero attached hydrogens (tertiary/aromatic N) is 1. The predicted molar refractivity (Wildman–Crippen MR) is 91.0 cm³/mol. The molecule has 5 nitrogen and oxygen atoms in total. The summed E-state index contributed by atoms with van der Waals surface area (Å²) in [5.41, 5.74) is 3.40. The maximum atomic E-state index is 11.8. The van der Waals surface area contributed by atoms with Gasteiger partial charge in [-0.05, 0) is 24.3 Å². The summed E-state index contributed by atoms with van der Waals surface area (Å²) < 4.78 is 0. The highest BCUT2D eigenvalue weighted by atomic mass is 35.5. The highest BCUT2D eigenvalue weighted by Crippen LogP contribution is 2.19. The Morgan fingerprint density at radius 1 is 1.09 bits per heavy atom. The van der Waals surface area contributed by atoms with Crippen LogP contribution in [0.15, 0.2) is 53.6 Å². The largest absolute Gasteiger partial charge is 0.343 e. The number of nitrogens with one attached hydrogen (secondary N) is 2. The Morgan fingerprint density at radius 2 is 1.83 bits per heavy atom. The number of amides is 2. The van der Waals surface area contributed by atoms with E-state index in [1.54, 1.807) is 48.5 Å². The van der Waals surface area contributed by atoms with E-state index in [-0.39, 0.29) is 12.5 Å². The molecule has 2 N–H and O–H groups in total. The van der Waals surface area contributed by atoms with Crippen molar-refractivity contribution in [2.75, 3.05) is 6.54 Å². The van der Waals surface area contributed by atoms with Gasteiger partial charge >= 0.3 is 0 Å². The number of rotatable bonds is 5. The molecular weight excluding hydrogens is 337 g/mol. The quantitative estimate of drug-likeness (QED) is 0.643. The third-order valence-corrected chi connectivity index (χ3v) is 3.36. The van der Waals surface area contributed by atoms with Crippen LogP contribution in [-0.4, -0.2) is 24.6 Å². The lowest BCUT2D eigenvalue weighted by molar-refractivity contribution is -0.120. The molecule has 2 aromatic rings. The molecule has 0 fully saturated rings. The van der Waals surface area contributed by atoms with Crippen LogP contribution in [0.3, 0.4) is 0 Å². The summed E-state index contributed by atoms with van der Waals surface area (Å²) in [6, 6.07) is 13.5. The molecule has 2 amide bonds. The van der Waals surface area contributed by atoms with Crippen LogP contribution in [-0.2, 0) is 4.79 Å². The lowest BCUT2D eigenvalue weighted by atomic mass is 10.2. The lowest BCUT2D eigenvalue weighted by Gasteiger charge is -2.04. The van der Waals surface area contributed by atoms with E-state index in [1.807, 2.05) is 0 Å². The van der Waals surface area contributed by atoms with Crippen molar-refractivity contribution in [3.05, 3.63) is 69.7 Å². The fourth-order valence-corrected chi connectivity index (χ4v) is 2.13. The van der Waals surface area contributed by atoms with Gasteiger partial charge in [0.2, 0.25) is 0 Å². The minimum absolute atomic E-state index is 0.181. The van der Waals surface area contributed by atoms with Crippen molar-refractivity contribution in [1.82, 2.24) is 10.7 Å². The third-order valence-electron chi connectivity index (χ3n) is 2.80. The van der Waals surface area contributed by atoms with E-state index in [0.717, 1.165) is 0 Å². The van der Waals surface area contributed by atoms with Crippen LogP contribution in [0.4, 0.5) is 0 Å². The van der Waals surface area contributed by atoms with Gasteiger partial charge in [0, 0.05) is 16.1 Å². The van der Waals surface area contributed by atoms with Gasteiger partial charge in [0.25, 0.3) is 11.8 Å². The number of carbonyl (C=O) groups is 2. The molecule has 0 saturated carbocycles. The molecule has 0 spiro atoms. The van der Waals surface area contributed by atoms with Gasteiger partial charge < -0.3 is 5.32 Å². The predicted octanol–water partition coefficient (Wildman–Crippen LogP) is 2.87. The summed E-state index contributed by atoms with van der Waals surface area (Å²) in [5, 5.41) is 7.21. The molecule has 2 aromatic carbocycles. The monoisotopic (exact) mass is 349 g/mol. The van der Waals surface area contributed by atoms with Crippen molar-refractivity contribution in [2.24, 2.45) is 5.10 Å². The zero-order valence-corrected chi connectivity index (χ0v) is 13.4. The first-order chi connectivity index (χ1) is 11.1. The first-order valence-corrected chi connectivity index (χ1v) is 7.42. The molecule has 23 heavy (non-hydrogen) atoms. The molecule has 0 saturated heterocycles. The van der Waals surface area contributed by atoms with Gasteiger partial charge in [-0.25, -0.2) is 5.43 Å². The number of hydrazone groups is 1. The molecule has 0 heterocycles. The molecular formula is C16H13Cl2N3O2. The Bertz CT molecular complexity index is 733. The van der Waals surface area contributed by atoms with Gasteiger partial charge in [0.1, 0.15) is 0 Å². The fourth-order valence-electron chi connectivity index (χ4n) is 1.67. The van der Waals surface area contributed by atoms with Crippen molar-refractivity contribution in [1.29, 1.82) is 0 Å². The third kappa shape index (κ3) is 5.39. The standard InChI is InChI=1S/C16H13Cl2N3O2/c17-13-7-6-12(14(18)8-13)9-20-21-15(22)10-19-16(23)11-4-2-1-3-5-11/h1-9H,10H2,(H,19,23)(H,21,22)/b20-9-. The van der Waals surface area contributed by atoms with Crippen LogP contribution in [0, 0.1) is 0 Å². The van der Waals surface area contributed by atoms with E-state index < -0.39 is 5.91 Å². The number of carbonyl (C=O) groups excluding carboxylic acids is 2. The molecule has 0 atom stereocenters. The van der Waals surface area contributed by atoms with Gasteiger partial charge in [-0.15, -0.1) is 0 Å². The maximum absolute atomic E-state index is 11.8. The van der Waals surface area contributed by atoms with Crippen LogP contribution < -0.4 is 10.7 Å². The summed E-state index contributed by atoms with van der Waals surface area (Å²) in [4.78, 5) is 23.4. The van der Waals surface area contributed by atoms with Crippen molar-refractivity contribution in [3.8, 4) is 0 Å². The molecule has 0 aromatic heterocycles. The molecule has 0 aliphatic carbocycles. The Kier molecular flexibility index (Phi) is 6.14. The molecule has 2 rings (SSSR count). The molecule has 118 valence electrons. The second kappa shape index (κ2) is 8.31. The number of hydrogen-bond acceptors (Lipinski definition) is 3. The van der Waals surface area contributed by atoms with Gasteiger partial charge in [0.05, 0.1) is 17.8 Å².